The average Bonchev–Trinajstić information content (AvgIpc) is 3.11. The van der Waals surface area contributed by atoms with Gasteiger partial charge in [-0.05, 0) is 25.2 Å². The average molecular weight is 723 g/mol. The van der Waals surface area contributed by atoms with Gasteiger partial charge in [-0.15, -0.1) is 0 Å². The van der Waals surface area contributed by atoms with E-state index in [0.29, 0.717) is 19.3 Å². The van der Waals surface area contributed by atoms with E-state index in [1.807, 2.05) is 0 Å². The molecule has 0 heterocycles. The first-order valence-electron chi connectivity index (χ1n) is 22.4. The molecule has 0 N–H and O–H groups in total. The van der Waals surface area contributed by atoms with Crippen LogP contribution in [0.1, 0.15) is 246 Å². The topological polar surface area (TPSA) is 78.9 Å². The third-order valence-electron chi connectivity index (χ3n) is 10.0. The van der Waals surface area contributed by atoms with Crippen LogP contribution in [0.3, 0.4) is 0 Å². The molecule has 0 spiro atoms. The summed E-state index contributed by atoms with van der Waals surface area (Å²) in [4.78, 5) is 37.6. The monoisotopic (exact) mass is 723 g/mol. The van der Waals surface area contributed by atoms with Crippen molar-refractivity contribution in [1.29, 1.82) is 0 Å². The molecule has 0 amide bonds. The van der Waals surface area contributed by atoms with Crippen LogP contribution in [0.2, 0.25) is 0 Å². The van der Waals surface area contributed by atoms with Crippen LogP contribution in [0, 0.1) is 5.92 Å². The molecule has 0 unspecified atom stereocenters. The molecule has 6 nitrogen and oxygen atoms in total. The van der Waals surface area contributed by atoms with E-state index in [1.54, 1.807) is 0 Å². The molecule has 0 radical (unpaired) electrons. The van der Waals surface area contributed by atoms with Gasteiger partial charge >= 0.3 is 17.9 Å². The molecule has 0 fully saturated rings. The Bertz CT molecular complexity index is 766. The van der Waals surface area contributed by atoms with E-state index < -0.39 is 6.10 Å². The van der Waals surface area contributed by atoms with Gasteiger partial charge in [0.25, 0.3) is 0 Å². The fraction of sp³-hybridized carbons (Fsp3) is 0.933. The molecule has 0 saturated heterocycles. The molecular weight excluding hydrogens is 636 g/mol. The number of esters is 3. The Morgan fingerprint density at radius 2 is 0.647 bits per heavy atom. The summed E-state index contributed by atoms with van der Waals surface area (Å²) < 4.78 is 16.7. The predicted octanol–water partition coefficient (Wildman–Crippen LogP) is 13.9. The standard InChI is InChI=1S/C45H86O6/c1-5-7-9-11-13-15-16-21-24-28-32-36-43(46)49-39-42(51-45(48)38-34-30-26-19-14-12-10-8-6-2)40-50-44(47)37-33-29-25-22-18-17-20-23-27-31-35-41(3)4/h41-42H,5-40H2,1-4H3/t42-/m0/s1. The lowest BCUT2D eigenvalue weighted by Gasteiger charge is -2.18. The second kappa shape index (κ2) is 39.6. The van der Waals surface area contributed by atoms with Crippen LogP contribution in [-0.2, 0) is 28.6 Å². The van der Waals surface area contributed by atoms with Gasteiger partial charge in [0.2, 0.25) is 0 Å². The van der Waals surface area contributed by atoms with Gasteiger partial charge in [-0.3, -0.25) is 14.4 Å². The molecule has 0 aromatic carbocycles. The number of rotatable bonds is 40. The molecule has 0 aliphatic rings. The summed E-state index contributed by atoms with van der Waals surface area (Å²) in [5.74, 6) is -0.0399. The molecule has 302 valence electrons. The van der Waals surface area contributed by atoms with Gasteiger partial charge < -0.3 is 14.2 Å². The van der Waals surface area contributed by atoms with Gasteiger partial charge in [0.15, 0.2) is 6.10 Å². The maximum atomic E-state index is 12.6. The molecule has 0 aliphatic heterocycles. The van der Waals surface area contributed by atoms with Gasteiger partial charge in [-0.25, -0.2) is 0 Å². The van der Waals surface area contributed by atoms with Crippen molar-refractivity contribution >= 4 is 17.9 Å². The molecule has 0 aromatic rings. The Hall–Kier alpha value is -1.59. The molecule has 0 saturated carbocycles. The largest absolute Gasteiger partial charge is 0.462 e. The summed E-state index contributed by atoms with van der Waals surface area (Å²) in [6, 6.07) is 0. The minimum Gasteiger partial charge on any atom is -0.462 e. The number of carbonyl (C=O) groups excluding carboxylic acids is 3. The highest BCUT2D eigenvalue weighted by Gasteiger charge is 2.19. The van der Waals surface area contributed by atoms with E-state index in [2.05, 4.69) is 27.7 Å². The maximum absolute atomic E-state index is 12.6. The Morgan fingerprint density at radius 1 is 0.373 bits per heavy atom. The smallest absolute Gasteiger partial charge is 0.306 e. The molecule has 0 aromatic heterocycles. The second-order valence-electron chi connectivity index (χ2n) is 15.8. The SMILES string of the molecule is CCCCCCCCCCCCCC(=O)OC[C@@H](COC(=O)CCCCCCCCCCCCC(C)C)OC(=O)CCCCCCCCCCC. The molecule has 0 rings (SSSR count). The number of carbonyl (C=O) groups is 3. The summed E-state index contributed by atoms with van der Waals surface area (Å²) in [5, 5.41) is 0. The Kier molecular flexibility index (Phi) is 38.4. The first kappa shape index (κ1) is 49.4. The number of hydrogen-bond donors (Lipinski definition) is 0. The van der Waals surface area contributed by atoms with Gasteiger partial charge in [-0.2, -0.15) is 0 Å². The lowest BCUT2D eigenvalue weighted by Crippen LogP contribution is -2.30. The zero-order valence-electron chi connectivity index (χ0n) is 34.6. The van der Waals surface area contributed by atoms with E-state index >= 15 is 0 Å². The maximum Gasteiger partial charge on any atom is 0.306 e. The quantitative estimate of drug-likeness (QED) is 0.0356. The van der Waals surface area contributed by atoms with Crippen molar-refractivity contribution in [1.82, 2.24) is 0 Å². The molecule has 51 heavy (non-hydrogen) atoms. The minimum absolute atomic E-state index is 0.0641. The molecule has 0 bridgehead atoms. The highest BCUT2D eigenvalue weighted by molar-refractivity contribution is 5.71. The fourth-order valence-electron chi connectivity index (χ4n) is 6.63. The lowest BCUT2D eigenvalue weighted by atomic mass is 10.0. The molecule has 1 atom stereocenters. The first-order valence-corrected chi connectivity index (χ1v) is 22.4. The highest BCUT2D eigenvalue weighted by atomic mass is 16.6. The van der Waals surface area contributed by atoms with Gasteiger partial charge in [-0.1, -0.05) is 207 Å². The van der Waals surface area contributed by atoms with Crippen LogP contribution in [-0.4, -0.2) is 37.2 Å². The van der Waals surface area contributed by atoms with Gasteiger partial charge in [0.05, 0.1) is 0 Å². The summed E-state index contributed by atoms with van der Waals surface area (Å²) >= 11 is 0. The predicted molar refractivity (Wildman–Crippen MR) is 215 cm³/mol. The van der Waals surface area contributed by atoms with Crippen LogP contribution in [0.5, 0.6) is 0 Å². The van der Waals surface area contributed by atoms with Crippen molar-refractivity contribution in [2.24, 2.45) is 5.92 Å². The van der Waals surface area contributed by atoms with E-state index in [4.69, 9.17) is 14.2 Å². The van der Waals surface area contributed by atoms with E-state index in [0.717, 1.165) is 63.7 Å². The van der Waals surface area contributed by atoms with E-state index in [9.17, 15) is 14.4 Å². The van der Waals surface area contributed by atoms with Crippen LogP contribution in [0.25, 0.3) is 0 Å². The fourth-order valence-corrected chi connectivity index (χ4v) is 6.63. The summed E-state index contributed by atoms with van der Waals surface area (Å²) in [5.41, 5.74) is 0. The Labute approximate surface area is 317 Å². The number of ether oxygens (including phenoxy) is 3. The molecule has 0 aliphatic carbocycles. The van der Waals surface area contributed by atoms with Crippen molar-refractivity contribution in [2.75, 3.05) is 13.2 Å². The van der Waals surface area contributed by atoms with Crippen LogP contribution >= 0.6 is 0 Å². The zero-order valence-corrected chi connectivity index (χ0v) is 34.6. The summed E-state index contributed by atoms with van der Waals surface area (Å²) in [7, 11) is 0. The Balaban J connectivity index is 4.30. The van der Waals surface area contributed by atoms with Crippen molar-refractivity contribution < 1.29 is 28.6 Å². The third kappa shape index (κ3) is 39.5. The van der Waals surface area contributed by atoms with Crippen LogP contribution < -0.4 is 0 Å². The Morgan fingerprint density at radius 3 is 0.961 bits per heavy atom. The number of unbranched alkanes of at least 4 members (excludes halogenated alkanes) is 27. The number of hydrogen-bond acceptors (Lipinski definition) is 6. The summed E-state index contributed by atoms with van der Waals surface area (Å²) in [6.45, 7) is 8.96. The molecular formula is C45H86O6. The van der Waals surface area contributed by atoms with Crippen molar-refractivity contribution in [3.05, 3.63) is 0 Å². The van der Waals surface area contributed by atoms with Crippen LogP contribution in [0.4, 0.5) is 0 Å². The van der Waals surface area contributed by atoms with E-state index in [-0.39, 0.29) is 31.1 Å². The second-order valence-corrected chi connectivity index (χ2v) is 15.8. The zero-order chi connectivity index (χ0) is 37.5. The minimum atomic E-state index is -0.758. The first-order chi connectivity index (χ1) is 24.9. The normalized spacial score (nSPS) is 11.9. The van der Waals surface area contributed by atoms with Crippen LogP contribution in [0.15, 0.2) is 0 Å². The van der Waals surface area contributed by atoms with Crippen molar-refractivity contribution in [3.8, 4) is 0 Å². The van der Waals surface area contributed by atoms with Crippen molar-refractivity contribution in [3.63, 3.8) is 0 Å². The highest BCUT2D eigenvalue weighted by Crippen LogP contribution is 2.16. The molecule has 6 heteroatoms. The van der Waals surface area contributed by atoms with Crippen molar-refractivity contribution in [2.45, 2.75) is 252 Å². The summed E-state index contributed by atoms with van der Waals surface area (Å²) in [6.07, 6.45) is 38.0. The lowest BCUT2D eigenvalue weighted by molar-refractivity contribution is -0.167. The van der Waals surface area contributed by atoms with Gasteiger partial charge in [0, 0.05) is 19.3 Å². The van der Waals surface area contributed by atoms with E-state index in [1.165, 1.54) is 141 Å². The third-order valence-corrected chi connectivity index (χ3v) is 10.0. The van der Waals surface area contributed by atoms with Gasteiger partial charge in [0.1, 0.15) is 13.2 Å².